The van der Waals surface area contributed by atoms with Crippen LogP contribution in [0.25, 0.3) is 10.7 Å². The van der Waals surface area contributed by atoms with E-state index in [1.807, 2.05) is 6.20 Å². The fourth-order valence-electron chi connectivity index (χ4n) is 10.5. The van der Waals surface area contributed by atoms with Crippen molar-refractivity contribution in [2.24, 2.45) is 0 Å². The maximum absolute atomic E-state index is 13.3. The first-order valence-corrected chi connectivity index (χ1v) is 44.5. The van der Waals surface area contributed by atoms with Crippen molar-refractivity contribution in [2.45, 2.75) is 144 Å². The van der Waals surface area contributed by atoms with E-state index < -0.39 is 131 Å². The van der Waals surface area contributed by atoms with Crippen LogP contribution in [-0.2, 0) is 56.7 Å². The Morgan fingerprint density at radius 3 is 1.14 bits per heavy atom. The third-order valence-electron chi connectivity index (χ3n) is 15.9. The summed E-state index contributed by atoms with van der Waals surface area (Å²) >= 11 is 7.24. The number of nitrogens with one attached hydrogen (secondary N) is 2. The van der Waals surface area contributed by atoms with E-state index in [4.69, 9.17) is 15.8 Å². The maximum atomic E-state index is 13.3. The number of thiazole rings is 3. The number of carboxylic acids is 1. The molecule has 3 aromatic carbocycles. The van der Waals surface area contributed by atoms with Gasteiger partial charge in [0.1, 0.15) is 19.6 Å². The van der Waals surface area contributed by atoms with Crippen LogP contribution in [0.1, 0.15) is 153 Å². The maximum Gasteiger partial charge on any atom is 0.416 e. The predicted molar refractivity (Wildman–Crippen MR) is 415 cm³/mol. The van der Waals surface area contributed by atoms with Crippen molar-refractivity contribution in [1.82, 2.24) is 54.3 Å². The van der Waals surface area contributed by atoms with Crippen LogP contribution in [0.5, 0.6) is 0 Å². The molecule has 0 unspecified atom stereocenters. The van der Waals surface area contributed by atoms with E-state index >= 15 is 0 Å². The smallest absolute Gasteiger partial charge is 0.416 e. The van der Waals surface area contributed by atoms with Crippen molar-refractivity contribution in [3.63, 3.8) is 0 Å². The monoisotopic (exact) mass is 1950 g/mol. The van der Waals surface area contributed by atoms with Crippen molar-refractivity contribution in [3.05, 3.63) is 232 Å². The zero-order valence-electron chi connectivity index (χ0n) is 58.9. The van der Waals surface area contributed by atoms with Crippen molar-refractivity contribution >= 4 is 135 Å². The second-order valence-electron chi connectivity index (χ2n) is 24.1. The van der Waals surface area contributed by atoms with Gasteiger partial charge in [-0.25, -0.2) is 19.7 Å². The van der Waals surface area contributed by atoms with Crippen molar-refractivity contribution in [1.29, 1.82) is 0 Å². The molecule has 8 aromatic heterocycles. The van der Waals surface area contributed by atoms with Crippen LogP contribution in [0, 0.1) is 0 Å². The molecular formula is C72H73Br2ClF18N14O4S3Sn. The number of carbonyl (C=O) groups is 3. The van der Waals surface area contributed by atoms with Crippen molar-refractivity contribution in [3.8, 4) is 10.7 Å². The molecule has 0 fully saturated rings. The van der Waals surface area contributed by atoms with Gasteiger partial charge in [-0.05, 0) is 97.1 Å². The molecule has 624 valence electrons. The van der Waals surface area contributed by atoms with Crippen LogP contribution in [0.2, 0.25) is 13.3 Å². The Morgan fingerprint density at radius 2 is 0.826 bits per heavy atom. The average Bonchev–Trinajstić information content (AvgIpc) is 1.76. The van der Waals surface area contributed by atoms with Crippen LogP contribution in [0.15, 0.2) is 167 Å². The van der Waals surface area contributed by atoms with Crippen LogP contribution < -0.4 is 20.1 Å². The molecule has 0 saturated carbocycles. The molecule has 0 saturated heterocycles. The number of benzene rings is 3. The number of carbonyl (C=O) groups excluding carboxylic acids is 2. The van der Waals surface area contributed by atoms with Gasteiger partial charge in [-0.1, -0.05) is 39.1 Å². The molecule has 0 atom stereocenters. The van der Waals surface area contributed by atoms with E-state index in [1.54, 1.807) is 28.1 Å². The van der Waals surface area contributed by atoms with Crippen LogP contribution in [0.3, 0.4) is 0 Å². The van der Waals surface area contributed by atoms with Crippen LogP contribution in [-0.4, -0.2) is 95.5 Å². The molecule has 11 aromatic rings. The molecule has 115 heavy (non-hydrogen) atoms. The number of carboxylic acid groups (broad SMARTS) is 1. The number of nitrogens with two attached hydrogens (primary N) is 1. The van der Waals surface area contributed by atoms with E-state index in [0.717, 1.165) is 66.3 Å². The summed E-state index contributed by atoms with van der Waals surface area (Å²) < 4.78 is 243. The minimum Gasteiger partial charge on any atom is -0.477 e. The van der Waals surface area contributed by atoms with Gasteiger partial charge < -0.3 is 21.5 Å². The van der Waals surface area contributed by atoms with Gasteiger partial charge in [0.25, 0.3) is 11.8 Å². The Hall–Kier alpha value is -8.52. The number of hydrogen-bond donors (Lipinski definition) is 4. The first kappa shape index (κ1) is 98.8. The summed E-state index contributed by atoms with van der Waals surface area (Å²) in [5.41, 5.74) is -2.77. The quantitative estimate of drug-likeness (QED) is 0.0365. The number of nitrogen functional groups attached to an aromatic ring is 1. The predicted octanol–water partition coefficient (Wildman–Crippen LogP) is 23.2. The molecule has 0 spiro atoms. The first-order valence-electron chi connectivity index (χ1n) is 33.0. The molecule has 43 heteroatoms. The minimum atomic E-state index is -4.99. The normalized spacial score (nSPS) is 11.6. The van der Waals surface area contributed by atoms with Gasteiger partial charge in [0.2, 0.25) is 0 Å². The second kappa shape index (κ2) is 43.6. The van der Waals surface area contributed by atoms with Gasteiger partial charge in [-0.2, -0.15) is 94.3 Å². The average molecular weight is 1950 g/mol. The SMILES string of the molecule is C.C.CCC[CH2][Sn]([CH2]CCC)([CH2]CCC)[c]1ccccn1.Cl.Nc1cnn(Cc2ccc(C(F)(F)F)cc2C(F)(F)F)c1.O=C(Nc1cnn(Cc2ccc(C(F)(F)F)cc2C(F)(F)F)c1)c1cnc(-c2ccccn2)s1.O=C(Nc1cnn(Cc2ccc(C(F)(F)F)cc2C(F)(F)F)c1)c1cnc(Br)s1.O=C(O)c1cnc(Br)s1. The molecule has 11 rings (SSSR count). The molecule has 2 amide bonds. The molecular weight excluding hydrogens is 1880 g/mol. The number of amides is 2. The Morgan fingerprint density at radius 1 is 0.461 bits per heavy atom. The number of pyridine rings is 2. The third-order valence-corrected chi connectivity index (χ3v) is 35.0. The summed E-state index contributed by atoms with van der Waals surface area (Å²) in [4.78, 5) is 56.2. The molecule has 5 N–H and O–H groups in total. The van der Waals surface area contributed by atoms with Gasteiger partial charge in [0.15, 0.2) is 7.83 Å². The zero-order chi connectivity index (χ0) is 82.6. The van der Waals surface area contributed by atoms with E-state index in [-0.39, 0.29) is 84.4 Å². The molecule has 8 heterocycles. The summed E-state index contributed by atoms with van der Waals surface area (Å²) in [6, 6.07) is 16.2. The van der Waals surface area contributed by atoms with Gasteiger partial charge in [0.05, 0.1) is 113 Å². The van der Waals surface area contributed by atoms with Crippen LogP contribution in [0.4, 0.5) is 96.1 Å². The summed E-state index contributed by atoms with van der Waals surface area (Å²) in [7, 11) is 0. The number of hydrogen-bond acceptors (Lipinski definition) is 15. The number of aromatic carboxylic acids is 1. The first-order chi connectivity index (χ1) is 52.5. The van der Waals surface area contributed by atoms with Gasteiger partial charge in [0, 0.05) is 24.8 Å². The third kappa shape index (κ3) is 30.2. The number of alkyl halides is 18. The summed E-state index contributed by atoms with van der Waals surface area (Å²) in [6.45, 7) is 5.77. The standard InChI is InChI=1S/C21H13F6N5OS.C16H9BrF6N4OS.C12H9F6N3.C5H4N.C4H2BrNO2S.3C4H9.2CH4.ClH.Sn/c22-20(23,24)13-5-4-12(15(7-13)21(25,26)27)10-32-11-14(8-30-32)31-18(33)17-9-29-19(34-17)16-3-1-2-6-28-16;17-14-24-5-12(29-14)13(28)26-10-4-25-27(7-10)6-8-1-2-9(15(18,19)20)3-11(8)16(21,22)23;13-11(14,15)8-2-1-7(10(3-8)12(16,17)18)5-21-6-9(19)4-20-21;1-2-4-6-5-3-1;5-4-6-1-2(9-4)3(7)8;3*1-3-4-2;;;;/h1-9,11H,10H2,(H,31,33);1-5,7H,6H2,(H,26,28);1-4,6H,5,19H2;1-4H;1H,(H,7,8);3*1,3-4H2,2H3;2*1H4;1H;. The minimum absolute atomic E-state index is 0. The summed E-state index contributed by atoms with van der Waals surface area (Å²) in [5, 5.41) is 25.4. The molecule has 0 bridgehead atoms. The Labute approximate surface area is 686 Å². The topological polar surface area (TPSA) is 239 Å². The fourth-order valence-corrected chi connectivity index (χ4v) is 29.0. The number of rotatable bonds is 22. The van der Waals surface area contributed by atoms with E-state index in [9.17, 15) is 93.4 Å². The number of halogens is 21. The fraction of sp³-hybridized carbons (Fsp3) is 0.319. The number of unbranched alkanes of at least 4 members (excludes halogenated alkanes) is 3. The molecule has 18 nitrogen and oxygen atoms in total. The van der Waals surface area contributed by atoms with E-state index in [2.05, 4.69) is 117 Å². The Kier molecular flexibility index (Phi) is 37.5. The van der Waals surface area contributed by atoms with Gasteiger partial charge in [-0.3, -0.25) is 28.6 Å². The second-order valence-corrected chi connectivity index (χ2v) is 42.8. The molecule has 0 aliphatic carbocycles. The zero-order valence-corrected chi connectivity index (χ0v) is 68.1. The van der Waals surface area contributed by atoms with E-state index in [0.29, 0.717) is 41.6 Å². The molecule has 0 aliphatic heterocycles. The van der Waals surface area contributed by atoms with E-state index in [1.165, 1.54) is 108 Å². The van der Waals surface area contributed by atoms with Crippen molar-refractivity contribution in [2.75, 3.05) is 16.4 Å². The summed E-state index contributed by atoms with van der Waals surface area (Å²) in [5.74, 6) is -1.93. The Bertz CT molecular complexity index is 4860. The van der Waals surface area contributed by atoms with Crippen LogP contribution >= 0.6 is 78.3 Å². The van der Waals surface area contributed by atoms with Gasteiger partial charge >= 0.3 is 167 Å². The molecule has 0 radical (unpaired) electrons. The number of aromatic nitrogens is 11. The number of anilines is 3. The largest absolute Gasteiger partial charge is 0.477 e. The molecule has 0 aliphatic rings. The Balaban J connectivity index is 0.000000315. The van der Waals surface area contributed by atoms with Gasteiger partial charge in [-0.15, -0.1) is 46.4 Å². The summed E-state index contributed by atoms with van der Waals surface area (Å²) in [6.07, 6.45) is -6.10. The van der Waals surface area contributed by atoms with Crippen molar-refractivity contribution < 1.29 is 98.5 Å². The number of nitrogens with zero attached hydrogens (tertiary/aromatic N) is 11.